The molecule has 0 saturated carbocycles. The molecule has 0 aliphatic heterocycles. The molecule has 496 valence electrons. The maximum Gasteiger partial charge on any atom is 0.306 e. The van der Waals surface area contributed by atoms with Crippen LogP contribution in [0.3, 0.4) is 0 Å². The number of phosphoric ester groups is 1. The number of nitrogens with zero attached hydrogens (tertiary/aromatic N) is 1. The molecular weight excluding hydrogens is 1060 g/mol. The zero-order valence-electron chi connectivity index (χ0n) is 56.9. The SMILES string of the molecule is CCCCC/C=C\C/C=C\CCCCCCCCCCCC(=O)OC(/C=C\CCCCCCCCCCCC)C(COP(=O)([O-])OCC[N+](C)(C)C)NC(=O)CCCCCCCCCCCCCCCCCCCCCCCCCCCCC. The Kier molecular flexibility index (Phi) is 62.9. The van der Waals surface area contributed by atoms with Crippen molar-refractivity contribution in [1.82, 2.24) is 5.32 Å². The number of hydrogen-bond donors (Lipinski definition) is 1. The topological polar surface area (TPSA) is 114 Å². The summed E-state index contributed by atoms with van der Waals surface area (Å²) in [7, 11) is 1.20. The largest absolute Gasteiger partial charge is 0.756 e. The average molecular weight is 1200 g/mol. The number of phosphoric acid groups is 1. The minimum Gasteiger partial charge on any atom is -0.756 e. The van der Waals surface area contributed by atoms with E-state index in [1.165, 1.54) is 276 Å². The maximum absolute atomic E-state index is 13.6. The third kappa shape index (κ3) is 64.7. The Morgan fingerprint density at radius 2 is 0.726 bits per heavy atom. The smallest absolute Gasteiger partial charge is 0.306 e. The third-order valence-corrected chi connectivity index (χ3v) is 17.8. The highest BCUT2D eigenvalue weighted by molar-refractivity contribution is 7.45. The lowest BCUT2D eigenvalue weighted by Gasteiger charge is -2.30. The van der Waals surface area contributed by atoms with Gasteiger partial charge in [0.25, 0.3) is 7.82 Å². The van der Waals surface area contributed by atoms with Crippen LogP contribution < -0.4 is 10.2 Å². The number of allylic oxidation sites excluding steroid dienone is 5. The van der Waals surface area contributed by atoms with E-state index in [4.69, 9.17) is 13.8 Å². The second kappa shape index (κ2) is 64.2. The van der Waals surface area contributed by atoms with Crippen molar-refractivity contribution in [3.8, 4) is 0 Å². The average Bonchev–Trinajstić information content (AvgIpc) is 3.65. The number of quaternary nitrogens is 1. The van der Waals surface area contributed by atoms with Gasteiger partial charge in [-0.2, -0.15) is 0 Å². The monoisotopic (exact) mass is 1200 g/mol. The quantitative estimate of drug-likeness (QED) is 0.0212. The van der Waals surface area contributed by atoms with E-state index in [2.05, 4.69) is 50.4 Å². The lowest BCUT2D eigenvalue weighted by atomic mass is 10.0. The second-order valence-corrected chi connectivity index (χ2v) is 27.9. The van der Waals surface area contributed by atoms with Crippen molar-refractivity contribution in [2.75, 3.05) is 40.9 Å². The van der Waals surface area contributed by atoms with Gasteiger partial charge in [0.2, 0.25) is 5.91 Å². The van der Waals surface area contributed by atoms with Crippen LogP contribution in [-0.4, -0.2) is 69.4 Å². The molecule has 0 aromatic carbocycles. The highest BCUT2D eigenvalue weighted by atomic mass is 31.2. The van der Waals surface area contributed by atoms with Gasteiger partial charge in [-0.1, -0.05) is 334 Å². The van der Waals surface area contributed by atoms with Crippen LogP contribution in [0.1, 0.15) is 374 Å². The molecule has 0 bridgehead atoms. The van der Waals surface area contributed by atoms with E-state index in [0.29, 0.717) is 17.4 Å². The first-order valence-corrected chi connectivity index (χ1v) is 38.3. The van der Waals surface area contributed by atoms with Gasteiger partial charge in [-0.3, -0.25) is 14.2 Å². The number of amides is 1. The first-order valence-electron chi connectivity index (χ1n) is 36.8. The highest BCUT2D eigenvalue weighted by Gasteiger charge is 2.27. The first-order chi connectivity index (χ1) is 40.9. The number of carbonyl (C=O) groups is 2. The molecule has 0 radical (unpaired) electrons. The summed E-state index contributed by atoms with van der Waals surface area (Å²) in [6.45, 7) is 6.88. The molecule has 3 atom stereocenters. The summed E-state index contributed by atoms with van der Waals surface area (Å²) in [5.74, 6) is -0.526. The van der Waals surface area contributed by atoms with E-state index in [-0.39, 0.29) is 31.5 Å². The zero-order valence-corrected chi connectivity index (χ0v) is 57.8. The van der Waals surface area contributed by atoms with Crippen molar-refractivity contribution >= 4 is 19.7 Å². The van der Waals surface area contributed by atoms with Crippen LogP contribution in [0.2, 0.25) is 0 Å². The molecule has 0 aliphatic rings. The number of likely N-dealkylation sites (N-methyl/N-ethyl adjacent to an activating group) is 1. The van der Waals surface area contributed by atoms with Crippen LogP contribution in [0.15, 0.2) is 36.5 Å². The van der Waals surface area contributed by atoms with Crippen molar-refractivity contribution in [2.45, 2.75) is 386 Å². The predicted molar refractivity (Wildman–Crippen MR) is 363 cm³/mol. The van der Waals surface area contributed by atoms with E-state index < -0.39 is 20.0 Å². The zero-order chi connectivity index (χ0) is 61.4. The fourth-order valence-corrected chi connectivity index (χ4v) is 11.9. The number of nitrogens with one attached hydrogen (secondary N) is 1. The summed E-state index contributed by atoms with van der Waals surface area (Å²) >= 11 is 0. The fraction of sp³-hybridized carbons (Fsp3) is 0.892. The summed E-state index contributed by atoms with van der Waals surface area (Å²) in [6, 6.07) is -0.887. The number of ether oxygens (including phenoxy) is 1. The molecule has 10 heteroatoms. The van der Waals surface area contributed by atoms with E-state index >= 15 is 0 Å². The minimum atomic E-state index is -4.70. The minimum absolute atomic E-state index is 0.0202. The summed E-state index contributed by atoms with van der Waals surface area (Å²) < 4.78 is 30.5. The standard InChI is InChI=1S/C74H143N2O7P/c1-7-10-13-16-19-22-25-28-30-32-34-35-36-37-38-39-40-41-43-44-46-48-51-54-57-60-63-66-73(77)75-71(70-82-84(79,80)81-69-68-76(4,5)6)72(65-62-59-56-53-50-27-24-21-18-15-12-9-3)83-74(78)67-64-61-58-55-52-49-47-45-42-33-31-29-26-23-20-17-14-11-8-2/h20,23,29,31,62,65,71-72H,7-19,21-22,24-28,30,32-61,63-64,66-70H2,1-6H3,(H-,75,77,79,80)/b23-20-,31-29-,65-62-. The summed E-state index contributed by atoms with van der Waals surface area (Å²) in [5.41, 5.74) is 0. The van der Waals surface area contributed by atoms with Crippen LogP contribution in [0.25, 0.3) is 0 Å². The molecule has 1 amide bonds. The molecule has 0 spiro atoms. The molecule has 9 nitrogen and oxygen atoms in total. The molecule has 0 saturated heterocycles. The molecule has 1 N–H and O–H groups in total. The molecule has 0 aromatic rings. The van der Waals surface area contributed by atoms with Crippen LogP contribution in [-0.2, 0) is 27.9 Å². The number of rotatable bonds is 68. The van der Waals surface area contributed by atoms with Crippen LogP contribution in [0.4, 0.5) is 0 Å². The molecule has 0 aliphatic carbocycles. The summed E-state index contributed by atoms with van der Waals surface area (Å²) in [5, 5.41) is 3.05. The van der Waals surface area contributed by atoms with Crippen molar-refractivity contribution < 1.29 is 37.3 Å². The molecular formula is C74H143N2O7P. The lowest BCUT2D eigenvalue weighted by molar-refractivity contribution is -0.870. The molecule has 0 fully saturated rings. The molecule has 0 heterocycles. The van der Waals surface area contributed by atoms with Crippen LogP contribution >= 0.6 is 7.82 Å². The Morgan fingerprint density at radius 3 is 1.10 bits per heavy atom. The van der Waals surface area contributed by atoms with E-state index in [0.717, 1.165) is 64.2 Å². The molecule has 3 unspecified atom stereocenters. The van der Waals surface area contributed by atoms with Gasteiger partial charge in [0.05, 0.1) is 33.8 Å². The van der Waals surface area contributed by atoms with Crippen molar-refractivity contribution in [3.05, 3.63) is 36.5 Å². The Balaban J connectivity index is 4.96. The Hall–Kier alpha value is -1.77. The van der Waals surface area contributed by atoms with Gasteiger partial charge >= 0.3 is 5.97 Å². The van der Waals surface area contributed by atoms with Crippen molar-refractivity contribution in [1.29, 1.82) is 0 Å². The van der Waals surface area contributed by atoms with Crippen LogP contribution in [0.5, 0.6) is 0 Å². The van der Waals surface area contributed by atoms with Gasteiger partial charge < -0.3 is 28.5 Å². The predicted octanol–water partition coefficient (Wildman–Crippen LogP) is 22.8. The Bertz CT molecular complexity index is 1530. The van der Waals surface area contributed by atoms with Crippen molar-refractivity contribution in [3.63, 3.8) is 0 Å². The number of carbonyl (C=O) groups excluding carboxylic acids is 2. The lowest BCUT2D eigenvalue weighted by Crippen LogP contribution is -2.47. The number of unbranched alkanes of at least 4 members (excludes halogenated alkanes) is 48. The second-order valence-electron chi connectivity index (χ2n) is 26.5. The van der Waals surface area contributed by atoms with Gasteiger partial charge in [-0.05, 0) is 63.9 Å². The molecule has 0 rings (SSSR count). The maximum atomic E-state index is 13.6. The van der Waals surface area contributed by atoms with Crippen molar-refractivity contribution in [2.24, 2.45) is 0 Å². The summed E-state index contributed by atoms with van der Waals surface area (Å²) in [4.78, 5) is 40.2. The van der Waals surface area contributed by atoms with Gasteiger partial charge in [-0.25, -0.2) is 0 Å². The van der Waals surface area contributed by atoms with Crippen LogP contribution in [0, 0.1) is 0 Å². The normalized spacial score (nSPS) is 13.7. The molecule has 84 heavy (non-hydrogen) atoms. The Morgan fingerprint density at radius 1 is 0.417 bits per heavy atom. The molecule has 0 aromatic heterocycles. The summed E-state index contributed by atoms with van der Waals surface area (Å²) in [6.07, 6.45) is 79.9. The third-order valence-electron chi connectivity index (χ3n) is 16.8. The number of esters is 1. The van der Waals surface area contributed by atoms with Gasteiger partial charge in [0, 0.05) is 12.8 Å². The van der Waals surface area contributed by atoms with Gasteiger partial charge in [-0.15, -0.1) is 0 Å². The first kappa shape index (κ1) is 82.2. The van der Waals surface area contributed by atoms with E-state index in [1.54, 1.807) is 0 Å². The fourth-order valence-electron chi connectivity index (χ4n) is 11.1. The Labute approximate surface area is 523 Å². The van der Waals surface area contributed by atoms with Gasteiger partial charge in [0.15, 0.2) is 0 Å². The number of hydrogen-bond acceptors (Lipinski definition) is 7. The van der Waals surface area contributed by atoms with E-state index in [1.807, 2.05) is 33.3 Å². The van der Waals surface area contributed by atoms with Gasteiger partial charge in [0.1, 0.15) is 19.3 Å². The highest BCUT2D eigenvalue weighted by Crippen LogP contribution is 2.38. The van der Waals surface area contributed by atoms with E-state index in [9.17, 15) is 19.0 Å².